The van der Waals surface area contributed by atoms with Gasteiger partial charge in [0.15, 0.2) is 0 Å². The third-order valence-electron chi connectivity index (χ3n) is 3.21. The molecule has 17 heavy (non-hydrogen) atoms. The highest BCUT2D eigenvalue weighted by molar-refractivity contribution is 5.68. The van der Waals surface area contributed by atoms with Crippen LogP contribution in [0.2, 0.25) is 0 Å². The van der Waals surface area contributed by atoms with Gasteiger partial charge in [0, 0.05) is 11.4 Å². The number of hydrogen-bond donors (Lipinski definition) is 2. The van der Waals surface area contributed by atoms with Crippen LogP contribution in [-0.4, -0.2) is 0 Å². The van der Waals surface area contributed by atoms with Gasteiger partial charge in [-0.15, -0.1) is 0 Å². The Morgan fingerprint density at radius 3 is 2.24 bits per heavy atom. The lowest BCUT2D eigenvalue weighted by molar-refractivity contribution is 1.18. The van der Waals surface area contributed by atoms with Crippen molar-refractivity contribution in [2.45, 2.75) is 20.3 Å². The van der Waals surface area contributed by atoms with Crippen molar-refractivity contribution < 1.29 is 0 Å². The van der Waals surface area contributed by atoms with E-state index in [0.717, 1.165) is 34.5 Å². The first-order chi connectivity index (χ1) is 8.09. The van der Waals surface area contributed by atoms with Crippen LogP contribution < -0.4 is 11.5 Å². The van der Waals surface area contributed by atoms with E-state index in [0.29, 0.717) is 0 Å². The van der Waals surface area contributed by atoms with Gasteiger partial charge in [0.25, 0.3) is 0 Å². The molecule has 0 aliphatic heterocycles. The van der Waals surface area contributed by atoms with Crippen LogP contribution in [0.15, 0.2) is 36.4 Å². The van der Waals surface area contributed by atoms with E-state index < -0.39 is 0 Å². The molecule has 2 aromatic rings. The minimum Gasteiger partial charge on any atom is -0.398 e. The molecule has 0 aliphatic carbocycles. The normalized spacial score (nSPS) is 10.5. The molecule has 0 saturated carbocycles. The maximum atomic E-state index is 6.12. The van der Waals surface area contributed by atoms with Crippen molar-refractivity contribution in [3.8, 4) is 0 Å². The number of hydrogen-bond acceptors (Lipinski definition) is 2. The van der Waals surface area contributed by atoms with Crippen LogP contribution >= 0.6 is 0 Å². The quantitative estimate of drug-likeness (QED) is 0.773. The summed E-state index contributed by atoms with van der Waals surface area (Å²) in [5.74, 6) is 0. The molecule has 0 radical (unpaired) electrons. The molecule has 2 rings (SSSR count). The van der Waals surface area contributed by atoms with Gasteiger partial charge in [-0.2, -0.15) is 0 Å². The number of benzene rings is 2. The van der Waals surface area contributed by atoms with Crippen LogP contribution in [0, 0.1) is 13.8 Å². The van der Waals surface area contributed by atoms with E-state index >= 15 is 0 Å². The van der Waals surface area contributed by atoms with Crippen molar-refractivity contribution in [2.75, 3.05) is 11.5 Å². The zero-order valence-corrected chi connectivity index (χ0v) is 10.3. The second-order valence-electron chi connectivity index (χ2n) is 4.47. The van der Waals surface area contributed by atoms with Crippen molar-refractivity contribution in [1.29, 1.82) is 0 Å². The smallest absolute Gasteiger partial charge is 0.0400 e. The first kappa shape index (κ1) is 11.5. The van der Waals surface area contributed by atoms with Gasteiger partial charge in [0.1, 0.15) is 0 Å². The highest BCUT2D eigenvalue weighted by Crippen LogP contribution is 2.28. The Kier molecular flexibility index (Phi) is 3.05. The average Bonchev–Trinajstić information content (AvgIpc) is 2.35. The first-order valence-electron chi connectivity index (χ1n) is 5.77. The summed E-state index contributed by atoms with van der Waals surface area (Å²) in [5.41, 5.74) is 18.2. The van der Waals surface area contributed by atoms with Gasteiger partial charge in [0.05, 0.1) is 0 Å². The fourth-order valence-corrected chi connectivity index (χ4v) is 2.06. The molecule has 2 heteroatoms. The molecule has 0 heterocycles. The van der Waals surface area contributed by atoms with Crippen LogP contribution in [0.5, 0.6) is 0 Å². The molecular weight excluding hydrogens is 208 g/mol. The lowest BCUT2D eigenvalue weighted by Crippen LogP contribution is -2.04. The maximum absolute atomic E-state index is 6.12. The van der Waals surface area contributed by atoms with Gasteiger partial charge in [-0.25, -0.2) is 0 Å². The minimum atomic E-state index is 0.805. The Balaban J connectivity index is 2.41. The summed E-state index contributed by atoms with van der Waals surface area (Å²) in [5, 5.41) is 0. The van der Waals surface area contributed by atoms with Gasteiger partial charge >= 0.3 is 0 Å². The topological polar surface area (TPSA) is 52.0 Å². The SMILES string of the molecule is Cc1cc(Cc2ccccc2)c(N)c(C)c1N. The molecule has 88 valence electrons. The van der Waals surface area contributed by atoms with E-state index in [2.05, 4.69) is 18.2 Å². The molecule has 0 saturated heterocycles. The summed E-state index contributed by atoms with van der Waals surface area (Å²) < 4.78 is 0. The second-order valence-corrected chi connectivity index (χ2v) is 4.47. The summed E-state index contributed by atoms with van der Waals surface area (Å²) in [6.45, 7) is 4.00. The van der Waals surface area contributed by atoms with Crippen molar-refractivity contribution in [3.05, 3.63) is 58.7 Å². The van der Waals surface area contributed by atoms with Crippen molar-refractivity contribution in [1.82, 2.24) is 0 Å². The highest BCUT2D eigenvalue weighted by Gasteiger charge is 2.08. The highest BCUT2D eigenvalue weighted by atomic mass is 14.6. The van der Waals surface area contributed by atoms with E-state index in [1.807, 2.05) is 32.0 Å². The summed E-state index contributed by atoms with van der Waals surface area (Å²) in [6.07, 6.45) is 0.856. The van der Waals surface area contributed by atoms with E-state index in [9.17, 15) is 0 Å². The molecule has 0 bridgehead atoms. The molecule has 0 unspecified atom stereocenters. The maximum Gasteiger partial charge on any atom is 0.0400 e. The van der Waals surface area contributed by atoms with Crippen LogP contribution in [0.25, 0.3) is 0 Å². The number of nitrogen functional groups attached to an aromatic ring is 2. The van der Waals surface area contributed by atoms with Gasteiger partial charge in [-0.05, 0) is 42.5 Å². The fourth-order valence-electron chi connectivity index (χ4n) is 2.06. The third-order valence-corrected chi connectivity index (χ3v) is 3.21. The molecule has 0 aromatic heterocycles. The van der Waals surface area contributed by atoms with Gasteiger partial charge in [-0.1, -0.05) is 36.4 Å². The Hall–Kier alpha value is -1.96. The molecule has 4 N–H and O–H groups in total. The molecule has 2 nitrogen and oxygen atoms in total. The van der Waals surface area contributed by atoms with Crippen LogP contribution in [0.1, 0.15) is 22.3 Å². The van der Waals surface area contributed by atoms with Crippen molar-refractivity contribution in [2.24, 2.45) is 0 Å². The molecule has 0 spiro atoms. The molecule has 2 aromatic carbocycles. The van der Waals surface area contributed by atoms with Crippen LogP contribution in [-0.2, 0) is 6.42 Å². The van der Waals surface area contributed by atoms with Crippen molar-refractivity contribution >= 4 is 11.4 Å². The predicted molar refractivity (Wildman–Crippen MR) is 74.0 cm³/mol. The first-order valence-corrected chi connectivity index (χ1v) is 5.77. The fraction of sp³-hybridized carbons (Fsp3) is 0.200. The number of rotatable bonds is 2. The van der Waals surface area contributed by atoms with E-state index in [-0.39, 0.29) is 0 Å². The number of anilines is 2. The zero-order valence-electron chi connectivity index (χ0n) is 10.3. The summed E-state index contributed by atoms with van der Waals surface area (Å²) >= 11 is 0. The van der Waals surface area contributed by atoms with Gasteiger partial charge < -0.3 is 11.5 Å². The minimum absolute atomic E-state index is 0.805. The van der Waals surface area contributed by atoms with Crippen LogP contribution in [0.3, 0.4) is 0 Å². The largest absolute Gasteiger partial charge is 0.398 e. The lowest BCUT2D eigenvalue weighted by atomic mass is 9.97. The van der Waals surface area contributed by atoms with Gasteiger partial charge in [0.2, 0.25) is 0 Å². The summed E-state index contributed by atoms with van der Waals surface area (Å²) in [4.78, 5) is 0. The van der Waals surface area contributed by atoms with Crippen molar-refractivity contribution in [3.63, 3.8) is 0 Å². The summed E-state index contributed by atoms with van der Waals surface area (Å²) in [7, 11) is 0. The number of aryl methyl sites for hydroxylation is 1. The standard InChI is InChI=1S/C15H18N2/c1-10-8-13(15(17)11(2)14(10)16)9-12-6-4-3-5-7-12/h3-8H,9,16-17H2,1-2H3. The van der Waals surface area contributed by atoms with Gasteiger partial charge in [-0.3, -0.25) is 0 Å². The molecule has 0 atom stereocenters. The Bertz CT molecular complexity index is 530. The van der Waals surface area contributed by atoms with E-state index in [1.54, 1.807) is 0 Å². The van der Waals surface area contributed by atoms with E-state index in [4.69, 9.17) is 11.5 Å². The molecular formula is C15H18N2. The Morgan fingerprint density at radius 1 is 0.941 bits per heavy atom. The Labute approximate surface area is 102 Å². The third kappa shape index (κ3) is 2.26. The average molecular weight is 226 g/mol. The molecule has 0 fully saturated rings. The monoisotopic (exact) mass is 226 g/mol. The van der Waals surface area contributed by atoms with Crippen LogP contribution in [0.4, 0.5) is 11.4 Å². The Morgan fingerprint density at radius 2 is 1.59 bits per heavy atom. The molecule has 0 amide bonds. The summed E-state index contributed by atoms with van der Waals surface area (Å²) in [6, 6.07) is 12.4. The predicted octanol–water partition coefficient (Wildman–Crippen LogP) is 3.06. The lowest BCUT2D eigenvalue weighted by Gasteiger charge is -2.13. The zero-order chi connectivity index (χ0) is 12.4. The second kappa shape index (κ2) is 4.50. The molecule has 0 aliphatic rings. The van der Waals surface area contributed by atoms with E-state index in [1.165, 1.54) is 5.56 Å². The number of nitrogens with two attached hydrogens (primary N) is 2.